The van der Waals surface area contributed by atoms with Gasteiger partial charge in [0.25, 0.3) is 0 Å². The quantitative estimate of drug-likeness (QED) is 0.777. The largest absolute Gasteiger partial charge is 0.469 e. The van der Waals surface area contributed by atoms with Gasteiger partial charge >= 0.3 is 5.97 Å². The highest BCUT2D eigenvalue weighted by Crippen LogP contribution is 2.26. The van der Waals surface area contributed by atoms with Crippen LogP contribution in [0, 0.1) is 5.92 Å². The molecule has 0 atom stereocenters. The van der Waals surface area contributed by atoms with Gasteiger partial charge in [-0.3, -0.25) is 9.59 Å². The molecule has 3 N–H and O–H groups in total. The summed E-state index contributed by atoms with van der Waals surface area (Å²) in [5.74, 6) is -0.507. The minimum absolute atomic E-state index is 0.0136. The Morgan fingerprint density at radius 2 is 2.05 bits per heavy atom. The first-order valence-corrected chi connectivity index (χ1v) is 6.96. The molecule has 0 radical (unpaired) electrons. The molecule has 19 heavy (non-hydrogen) atoms. The van der Waals surface area contributed by atoms with Gasteiger partial charge in [0.2, 0.25) is 5.91 Å². The Morgan fingerprint density at radius 1 is 1.42 bits per heavy atom. The molecule has 0 saturated carbocycles. The number of esters is 1. The van der Waals surface area contributed by atoms with Crippen molar-refractivity contribution in [1.29, 1.82) is 0 Å². The Labute approximate surface area is 116 Å². The Kier molecular flexibility index (Phi) is 5.75. The van der Waals surface area contributed by atoms with E-state index in [0.29, 0.717) is 15.8 Å². The number of hydrogen-bond donors (Lipinski definition) is 2. The number of amides is 1. The smallest absolute Gasteiger partial charge is 0.311 e. The second-order valence-corrected chi connectivity index (χ2v) is 5.12. The number of carbonyl (C=O) groups is 2. The van der Waals surface area contributed by atoms with Gasteiger partial charge in [0.1, 0.15) is 5.00 Å². The zero-order valence-electron chi connectivity index (χ0n) is 11.4. The standard InChI is InChI=1S/C12H19N3O3S/c1-4-7(5-2)11(17)15-12-14-8(10(13)19-12)6-9(16)18-3/h7H,4-6,13H2,1-3H3,(H,14,15,17). The number of carbonyl (C=O) groups excluding carboxylic acids is 2. The predicted molar refractivity (Wildman–Crippen MR) is 74.9 cm³/mol. The number of rotatable bonds is 6. The van der Waals surface area contributed by atoms with Gasteiger partial charge in [0.05, 0.1) is 19.2 Å². The van der Waals surface area contributed by atoms with E-state index >= 15 is 0 Å². The number of hydrogen-bond acceptors (Lipinski definition) is 6. The minimum Gasteiger partial charge on any atom is -0.469 e. The SMILES string of the molecule is CCC(CC)C(=O)Nc1nc(CC(=O)OC)c(N)s1. The molecule has 0 saturated heterocycles. The average Bonchev–Trinajstić information content (AvgIpc) is 2.70. The van der Waals surface area contributed by atoms with Crippen LogP contribution in [-0.4, -0.2) is 24.0 Å². The highest BCUT2D eigenvalue weighted by Gasteiger charge is 2.18. The van der Waals surface area contributed by atoms with Gasteiger partial charge in [-0.2, -0.15) is 0 Å². The summed E-state index contributed by atoms with van der Waals surface area (Å²) >= 11 is 1.16. The highest BCUT2D eigenvalue weighted by molar-refractivity contribution is 7.19. The van der Waals surface area contributed by atoms with Gasteiger partial charge in [-0.05, 0) is 12.8 Å². The molecule has 0 unspecified atom stereocenters. The van der Waals surface area contributed by atoms with Gasteiger partial charge < -0.3 is 15.8 Å². The van der Waals surface area contributed by atoms with Crippen LogP contribution in [-0.2, 0) is 20.7 Å². The van der Waals surface area contributed by atoms with Crippen LogP contribution in [0.25, 0.3) is 0 Å². The average molecular weight is 285 g/mol. The molecule has 0 spiro atoms. The minimum atomic E-state index is -0.408. The maximum atomic E-state index is 11.9. The number of ether oxygens (including phenoxy) is 1. The fraction of sp³-hybridized carbons (Fsp3) is 0.583. The third-order valence-electron chi connectivity index (χ3n) is 2.85. The van der Waals surface area contributed by atoms with Crippen molar-refractivity contribution in [3.8, 4) is 0 Å². The van der Waals surface area contributed by atoms with Crippen molar-refractivity contribution in [1.82, 2.24) is 4.98 Å². The maximum absolute atomic E-state index is 11.9. The predicted octanol–water partition coefficient (Wildman–Crippen LogP) is 1.82. The number of anilines is 2. The zero-order chi connectivity index (χ0) is 14.4. The van der Waals surface area contributed by atoms with Crippen LogP contribution < -0.4 is 11.1 Å². The van der Waals surface area contributed by atoms with E-state index in [-0.39, 0.29) is 18.2 Å². The third kappa shape index (κ3) is 4.20. The molecule has 1 rings (SSSR count). The van der Waals surface area contributed by atoms with Crippen molar-refractivity contribution in [2.75, 3.05) is 18.2 Å². The highest BCUT2D eigenvalue weighted by atomic mass is 32.1. The second kappa shape index (κ2) is 7.08. The van der Waals surface area contributed by atoms with Crippen LogP contribution in [0.15, 0.2) is 0 Å². The Morgan fingerprint density at radius 3 is 2.58 bits per heavy atom. The van der Waals surface area contributed by atoms with E-state index < -0.39 is 5.97 Å². The summed E-state index contributed by atoms with van der Waals surface area (Å²) in [5.41, 5.74) is 6.20. The number of nitrogen functional groups attached to an aromatic ring is 1. The molecule has 0 bridgehead atoms. The van der Waals surface area contributed by atoms with E-state index in [1.165, 1.54) is 7.11 Å². The zero-order valence-corrected chi connectivity index (χ0v) is 12.2. The summed E-state index contributed by atoms with van der Waals surface area (Å²) in [4.78, 5) is 27.2. The first-order chi connectivity index (χ1) is 9.01. The lowest BCUT2D eigenvalue weighted by atomic mass is 10.0. The van der Waals surface area contributed by atoms with Crippen LogP contribution in [0.3, 0.4) is 0 Å². The lowest BCUT2D eigenvalue weighted by molar-refractivity contribution is -0.139. The van der Waals surface area contributed by atoms with Crippen molar-refractivity contribution < 1.29 is 14.3 Å². The number of methoxy groups -OCH3 is 1. The molecule has 1 heterocycles. The Bertz CT molecular complexity index is 455. The molecule has 0 aromatic carbocycles. The van der Waals surface area contributed by atoms with Gasteiger partial charge in [-0.15, -0.1) is 0 Å². The normalized spacial score (nSPS) is 10.5. The van der Waals surface area contributed by atoms with Crippen molar-refractivity contribution >= 4 is 33.3 Å². The lowest BCUT2D eigenvalue weighted by Gasteiger charge is -2.10. The summed E-state index contributed by atoms with van der Waals surface area (Å²) in [5, 5.41) is 3.58. The summed E-state index contributed by atoms with van der Waals surface area (Å²) in [6, 6.07) is 0. The van der Waals surface area contributed by atoms with Gasteiger partial charge in [-0.25, -0.2) is 4.98 Å². The Hall–Kier alpha value is -1.63. The van der Waals surface area contributed by atoms with E-state index in [9.17, 15) is 9.59 Å². The van der Waals surface area contributed by atoms with E-state index in [2.05, 4.69) is 15.0 Å². The molecule has 6 nitrogen and oxygen atoms in total. The molecular formula is C12H19N3O3S. The van der Waals surface area contributed by atoms with Gasteiger partial charge in [-0.1, -0.05) is 25.2 Å². The van der Waals surface area contributed by atoms with Crippen molar-refractivity contribution in [3.05, 3.63) is 5.69 Å². The van der Waals surface area contributed by atoms with E-state index in [1.54, 1.807) is 0 Å². The number of thiazole rings is 1. The van der Waals surface area contributed by atoms with E-state index in [4.69, 9.17) is 5.73 Å². The van der Waals surface area contributed by atoms with Crippen LogP contribution in [0.4, 0.5) is 10.1 Å². The Balaban J connectivity index is 2.73. The number of nitrogens with two attached hydrogens (primary N) is 1. The lowest BCUT2D eigenvalue weighted by Crippen LogP contribution is -2.21. The number of aromatic nitrogens is 1. The fourth-order valence-corrected chi connectivity index (χ4v) is 2.37. The molecule has 0 aliphatic rings. The summed E-state index contributed by atoms with van der Waals surface area (Å²) < 4.78 is 4.56. The van der Waals surface area contributed by atoms with Gasteiger partial charge in [0.15, 0.2) is 5.13 Å². The maximum Gasteiger partial charge on any atom is 0.311 e. The number of nitrogens with one attached hydrogen (secondary N) is 1. The van der Waals surface area contributed by atoms with Gasteiger partial charge in [0, 0.05) is 5.92 Å². The topological polar surface area (TPSA) is 94.3 Å². The molecule has 1 aromatic rings. The monoisotopic (exact) mass is 285 g/mol. The molecule has 1 aromatic heterocycles. The van der Waals surface area contributed by atoms with Crippen LogP contribution in [0.5, 0.6) is 0 Å². The third-order valence-corrected chi connectivity index (χ3v) is 3.70. The van der Waals surface area contributed by atoms with Crippen LogP contribution in [0.1, 0.15) is 32.4 Å². The fourth-order valence-electron chi connectivity index (χ4n) is 1.62. The van der Waals surface area contributed by atoms with Crippen molar-refractivity contribution in [2.24, 2.45) is 5.92 Å². The second-order valence-electron chi connectivity index (χ2n) is 4.09. The summed E-state index contributed by atoms with van der Waals surface area (Å²) in [6.07, 6.45) is 1.57. The first kappa shape index (κ1) is 15.4. The van der Waals surface area contributed by atoms with Crippen LogP contribution in [0.2, 0.25) is 0 Å². The molecular weight excluding hydrogens is 266 g/mol. The van der Waals surface area contributed by atoms with Crippen molar-refractivity contribution in [2.45, 2.75) is 33.1 Å². The number of nitrogens with zero attached hydrogens (tertiary/aromatic N) is 1. The first-order valence-electron chi connectivity index (χ1n) is 6.14. The molecule has 1 amide bonds. The van der Waals surface area contributed by atoms with Crippen molar-refractivity contribution in [3.63, 3.8) is 0 Å². The van der Waals surface area contributed by atoms with E-state index in [0.717, 1.165) is 24.2 Å². The molecule has 0 aliphatic heterocycles. The molecule has 106 valence electrons. The molecule has 0 aliphatic carbocycles. The van der Waals surface area contributed by atoms with Crippen LogP contribution >= 0.6 is 11.3 Å². The molecule has 0 fully saturated rings. The molecule has 7 heteroatoms. The summed E-state index contributed by atoms with van der Waals surface area (Å²) in [7, 11) is 1.31. The van der Waals surface area contributed by atoms with E-state index in [1.807, 2.05) is 13.8 Å². The summed E-state index contributed by atoms with van der Waals surface area (Å²) in [6.45, 7) is 3.93.